The van der Waals surface area contributed by atoms with Gasteiger partial charge in [-0.25, -0.2) is 0 Å². The fraction of sp³-hybridized carbons (Fsp3) is 0.364. The molecule has 27 heavy (non-hydrogen) atoms. The summed E-state index contributed by atoms with van der Waals surface area (Å²) in [6.07, 6.45) is 0.225. The van der Waals surface area contributed by atoms with Gasteiger partial charge in [0.15, 0.2) is 0 Å². The van der Waals surface area contributed by atoms with Crippen molar-refractivity contribution in [3.05, 3.63) is 53.6 Å². The van der Waals surface area contributed by atoms with E-state index in [1.165, 1.54) is 0 Å². The first-order chi connectivity index (χ1) is 12.8. The van der Waals surface area contributed by atoms with Gasteiger partial charge in [0.1, 0.15) is 5.75 Å². The number of para-hydroxylation sites is 2. The molecule has 0 bridgehead atoms. The Bertz CT molecular complexity index is 860. The minimum atomic E-state index is -0.385. The molecular formula is C22H26N2O3. The molecule has 1 unspecified atom stereocenters. The molecule has 1 aliphatic heterocycles. The quantitative estimate of drug-likeness (QED) is 0.867. The lowest BCUT2D eigenvalue weighted by Crippen LogP contribution is -2.28. The van der Waals surface area contributed by atoms with Gasteiger partial charge >= 0.3 is 0 Å². The molecular weight excluding hydrogens is 340 g/mol. The van der Waals surface area contributed by atoms with E-state index in [1.807, 2.05) is 70.2 Å². The third-order valence-electron chi connectivity index (χ3n) is 4.66. The normalized spacial score (nSPS) is 16.7. The minimum Gasteiger partial charge on any atom is -0.489 e. The predicted octanol–water partition coefficient (Wildman–Crippen LogP) is 4.08. The van der Waals surface area contributed by atoms with Crippen molar-refractivity contribution in [2.45, 2.75) is 40.2 Å². The number of rotatable bonds is 5. The van der Waals surface area contributed by atoms with E-state index in [4.69, 9.17) is 4.74 Å². The van der Waals surface area contributed by atoms with Crippen LogP contribution in [-0.2, 0) is 9.59 Å². The summed E-state index contributed by atoms with van der Waals surface area (Å²) in [7, 11) is 0. The molecule has 2 aromatic carbocycles. The number of carbonyl (C=O) groups is 2. The third-order valence-corrected chi connectivity index (χ3v) is 4.66. The van der Waals surface area contributed by atoms with Gasteiger partial charge in [0, 0.05) is 18.7 Å². The molecule has 0 aliphatic carbocycles. The maximum atomic E-state index is 12.8. The van der Waals surface area contributed by atoms with Crippen LogP contribution in [0, 0.1) is 19.8 Å². The molecule has 1 aliphatic rings. The zero-order chi connectivity index (χ0) is 19.6. The fourth-order valence-electron chi connectivity index (χ4n) is 3.29. The van der Waals surface area contributed by atoms with E-state index < -0.39 is 0 Å². The van der Waals surface area contributed by atoms with Crippen molar-refractivity contribution in [3.63, 3.8) is 0 Å². The van der Waals surface area contributed by atoms with Crippen LogP contribution in [0.2, 0.25) is 0 Å². The monoisotopic (exact) mass is 366 g/mol. The second-order valence-corrected chi connectivity index (χ2v) is 7.35. The standard InChI is InChI=1S/C22H26N2O3/c1-14(2)27-20-8-6-5-7-18(20)23-22(26)17-12-21(25)24(13-17)19-11-15(3)9-10-16(19)4/h5-11,14,17H,12-13H2,1-4H3,(H,23,26). The summed E-state index contributed by atoms with van der Waals surface area (Å²) in [4.78, 5) is 27.0. The van der Waals surface area contributed by atoms with Crippen molar-refractivity contribution >= 4 is 23.2 Å². The van der Waals surface area contributed by atoms with Crippen molar-refractivity contribution in [1.29, 1.82) is 0 Å². The molecule has 0 aromatic heterocycles. The maximum Gasteiger partial charge on any atom is 0.229 e. The van der Waals surface area contributed by atoms with Gasteiger partial charge in [0.05, 0.1) is 17.7 Å². The third kappa shape index (κ3) is 4.30. The first kappa shape index (κ1) is 19.0. The molecule has 1 fully saturated rings. The first-order valence-electron chi connectivity index (χ1n) is 9.29. The highest BCUT2D eigenvalue weighted by atomic mass is 16.5. The van der Waals surface area contributed by atoms with E-state index in [0.29, 0.717) is 18.0 Å². The summed E-state index contributed by atoms with van der Waals surface area (Å²) in [5.41, 5.74) is 3.65. The van der Waals surface area contributed by atoms with Gasteiger partial charge in [-0.3, -0.25) is 9.59 Å². The van der Waals surface area contributed by atoms with E-state index in [9.17, 15) is 9.59 Å². The summed E-state index contributed by atoms with van der Waals surface area (Å²) in [5, 5.41) is 2.93. The van der Waals surface area contributed by atoms with Crippen LogP contribution in [0.5, 0.6) is 5.75 Å². The molecule has 0 radical (unpaired) electrons. The number of amides is 2. The Morgan fingerprint density at radius 1 is 1.19 bits per heavy atom. The molecule has 1 heterocycles. The Labute approximate surface area is 160 Å². The lowest BCUT2D eigenvalue weighted by molar-refractivity contribution is -0.122. The molecule has 2 aromatic rings. The number of nitrogens with one attached hydrogen (secondary N) is 1. The average Bonchev–Trinajstić information content (AvgIpc) is 3.00. The van der Waals surface area contributed by atoms with E-state index in [2.05, 4.69) is 5.32 Å². The number of ether oxygens (including phenoxy) is 1. The molecule has 1 N–H and O–H groups in total. The van der Waals surface area contributed by atoms with Crippen LogP contribution < -0.4 is 15.0 Å². The molecule has 2 amide bonds. The highest BCUT2D eigenvalue weighted by Gasteiger charge is 2.36. The van der Waals surface area contributed by atoms with Crippen LogP contribution >= 0.6 is 0 Å². The molecule has 0 spiro atoms. The SMILES string of the molecule is Cc1ccc(C)c(N2CC(C(=O)Nc3ccccc3OC(C)C)CC2=O)c1. The van der Waals surface area contributed by atoms with Crippen molar-refractivity contribution in [3.8, 4) is 5.75 Å². The van der Waals surface area contributed by atoms with Crippen molar-refractivity contribution < 1.29 is 14.3 Å². The maximum absolute atomic E-state index is 12.8. The highest BCUT2D eigenvalue weighted by molar-refractivity contribution is 6.04. The summed E-state index contributed by atoms with van der Waals surface area (Å²) in [5.74, 6) is 0.0765. The largest absolute Gasteiger partial charge is 0.489 e. The lowest BCUT2D eigenvalue weighted by Gasteiger charge is -2.20. The average molecular weight is 366 g/mol. The Morgan fingerprint density at radius 2 is 1.93 bits per heavy atom. The zero-order valence-corrected chi connectivity index (χ0v) is 16.3. The van der Waals surface area contributed by atoms with Crippen LogP contribution in [0.25, 0.3) is 0 Å². The molecule has 0 saturated carbocycles. The van der Waals surface area contributed by atoms with Crippen LogP contribution in [0.15, 0.2) is 42.5 Å². The molecule has 3 rings (SSSR count). The number of hydrogen-bond donors (Lipinski definition) is 1. The lowest BCUT2D eigenvalue weighted by atomic mass is 10.1. The van der Waals surface area contributed by atoms with Crippen LogP contribution in [0.1, 0.15) is 31.4 Å². The second kappa shape index (κ2) is 7.82. The van der Waals surface area contributed by atoms with Crippen LogP contribution in [-0.4, -0.2) is 24.5 Å². The fourth-order valence-corrected chi connectivity index (χ4v) is 3.29. The van der Waals surface area contributed by atoms with Crippen molar-refractivity contribution in [1.82, 2.24) is 0 Å². The van der Waals surface area contributed by atoms with Gasteiger partial charge in [0.25, 0.3) is 0 Å². The Morgan fingerprint density at radius 3 is 2.67 bits per heavy atom. The summed E-state index contributed by atoms with van der Waals surface area (Å²) >= 11 is 0. The second-order valence-electron chi connectivity index (χ2n) is 7.35. The number of hydrogen-bond acceptors (Lipinski definition) is 3. The van der Waals surface area contributed by atoms with E-state index in [1.54, 1.807) is 4.90 Å². The van der Waals surface area contributed by atoms with E-state index in [0.717, 1.165) is 16.8 Å². The number of anilines is 2. The molecule has 5 nitrogen and oxygen atoms in total. The van der Waals surface area contributed by atoms with Crippen LogP contribution in [0.4, 0.5) is 11.4 Å². The Hall–Kier alpha value is -2.82. The minimum absolute atomic E-state index is 0.0101. The van der Waals surface area contributed by atoms with Crippen molar-refractivity contribution in [2.75, 3.05) is 16.8 Å². The first-order valence-corrected chi connectivity index (χ1v) is 9.29. The Kier molecular flexibility index (Phi) is 5.49. The summed E-state index contributed by atoms with van der Waals surface area (Å²) in [6, 6.07) is 13.4. The van der Waals surface area contributed by atoms with Crippen LogP contribution in [0.3, 0.4) is 0 Å². The topological polar surface area (TPSA) is 58.6 Å². The summed E-state index contributed by atoms with van der Waals surface area (Å²) in [6.45, 7) is 8.25. The van der Waals surface area contributed by atoms with Gasteiger partial charge in [-0.15, -0.1) is 0 Å². The number of carbonyl (C=O) groups excluding carboxylic acids is 2. The zero-order valence-electron chi connectivity index (χ0n) is 16.3. The number of nitrogens with zero attached hydrogens (tertiary/aromatic N) is 1. The molecule has 1 saturated heterocycles. The molecule has 5 heteroatoms. The summed E-state index contributed by atoms with van der Waals surface area (Å²) < 4.78 is 5.76. The Balaban J connectivity index is 1.74. The van der Waals surface area contributed by atoms with E-state index in [-0.39, 0.29) is 30.3 Å². The van der Waals surface area contributed by atoms with E-state index >= 15 is 0 Å². The van der Waals surface area contributed by atoms with Gasteiger partial charge in [-0.05, 0) is 57.0 Å². The predicted molar refractivity (Wildman–Crippen MR) is 107 cm³/mol. The number of benzene rings is 2. The van der Waals surface area contributed by atoms with Gasteiger partial charge in [-0.1, -0.05) is 24.3 Å². The van der Waals surface area contributed by atoms with Gasteiger partial charge < -0.3 is 15.0 Å². The van der Waals surface area contributed by atoms with Gasteiger partial charge in [-0.2, -0.15) is 0 Å². The smallest absolute Gasteiger partial charge is 0.229 e. The molecule has 1 atom stereocenters. The van der Waals surface area contributed by atoms with Crippen molar-refractivity contribution in [2.24, 2.45) is 5.92 Å². The van der Waals surface area contributed by atoms with Gasteiger partial charge in [0.2, 0.25) is 11.8 Å². The number of aryl methyl sites for hydroxylation is 2. The molecule has 142 valence electrons. The highest BCUT2D eigenvalue weighted by Crippen LogP contribution is 2.31.